The monoisotopic (exact) mass is 275 g/mol. The number of nitrogen functional groups attached to an aromatic ring is 1. The number of alkyl halides is 3. The first-order valence-electron chi connectivity index (χ1n) is 4.98. The fourth-order valence-corrected chi connectivity index (χ4v) is 1.86. The molecular formula is C11H9ClF3N3. The quantitative estimate of drug-likeness (QED) is 0.866. The Balaban J connectivity index is 2.51. The Labute approximate surface area is 106 Å². The Morgan fingerprint density at radius 3 is 2.39 bits per heavy atom. The topological polar surface area (TPSA) is 43.8 Å². The molecule has 0 unspecified atom stereocenters. The second kappa shape index (κ2) is 4.20. The van der Waals surface area contributed by atoms with Crippen LogP contribution in [0.15, 0.2) is 24.3 Å². The molecule has 0 aliphatic carbocycles. The zero-order valence-electron chi connectivity index (χ0n) is 9.29. The minimum atomic E-state index is -4.42. The number of benzene rings is 1. The summed E-state index contributed by atoms with van der Waals surface area (Å²) in [5.74, 6) is 0.281. The van der Waals surface area contributed by atoms with Crippen molar-refractivity contribution in [1.29, 1.82) is 0 Å². The number of aromatic nitrogens is 2. The molecule has 0 bridgehead atoms. The van der Waals surface area contributed by atoms with E-state index in [9.17, 15) is 13.2 Å². The van der Waals surface area contributed by atoms with Gasteiger partial charge in [-0.25, -0.2) is 4.68 Å². The number of nitrogens with two attached hydrogens (primary N) is 1. The van der Waals surface area contributed by atoms with Gasteiger partial charge in [-0.3, -0.25) is 0 Å². The van der Waals surface area contributed by atoms with E-state index in [0.717, 1.165) is 12.1 Å². The highest BCUT2D eigenvalue weighted by molar-refractivity contribution is 6.32. The Bertz CT molecular complexity index is 590. The molecule has 2 N–H and O–H groups in total. The van der Waals surface area contributed by atoms with Crippen LogP contribution in [0.2, 0.25) is 5.02 Å². The summed E-state index contributed by atoms with van der Waals surface area (Å²) in [7, 11) is 0. The minimum Gasteiger partial charge on any atom is -0.382 e. The van der Waals surface area contributed by atoms with Gasteiger partial charge in [0.1, 0.15) is 5.82 Å². The zero-order chi connectivity index (χ0) is 13.5. The van der Waals surface area contributed by atoms with Crippen LogP contribution in [0, 0.1) is 6.92 Å². The first kappa shape index (κ1) is 12.8. The molecule has 0 radical (unpaired) electrons. The molecule has 0 aliphatic heterocycles. The number of anilines is 1. The fourth-order valence-electron chi connectivity index (χ4n) is 1.60. The van der Waals surface area contributed by atoms with E-state index in [1.165, 1.54) is 10.7 Å². The maximum absolute atomic E-state index is 12.5. The molecule has 0 aliphatic rings. The normalized spacial score (nSPS) is 11.8. The number of rotatable bonds is 1. The molecule has 1 aromatic carbocycles. The molecule has 0 atom stereocenters. The lowest BCUT2D eigenvalue weighted by atomic mass is 10.2. The van der Waals surface area contributed by atoms with Gasteiger partial charge in [-0.1, -0.05) is 11.6 Å². The molecule has 7 heteroatoms. The van der Waals surface area contributed by atoms with Crippen LogP contribution in [-0.4, -0.2) is 9.78 Å². The van der Waals surface area contributed by atoms with Crippen molar-refractivity contribution in [3.8, 4) is 5.69 Å². The summed E-state index contributed by atoms with van der Waals surface area (Å²) in [6.45, 7) is 1.73. The summed E-state index contributed by atoms with van der Waals surface area (Å²) >= 11 is 5.85. The van der Waals surface area contributed by atoms with Crippen LogP contribution in [0.5, 0.6) is 0 Å². The fraction of sp³-hybridized carbons (Fsp3) is 0.182. The molecular weight excluding hydrogens is 267 g/mol. The van der Waals surface area contributed by atoms with Crippen LogP contribution in [0.3, 0.4) is 0 Å². The van der Waals surface area contributed by atoms with E-state index in [4.69, 9.17) is 17.3 Å². The standard InChI is InChI=1S/C11H9ClF3N3/c1-6-4-10(16)17-18(6)9-3-2-7(5-8(9)12)11(13,14)15/h2-5H,1H3,(H2,16,17). The van der Waals surface area contributed by atoms with Crippen LogP contribution in [0.1, 0.15) is 11.3 Å². The summed E-state index contributed by atoms with van der Waals surface area (Å²) in [6, 6.07) is 4.70. The van der Waals surface area contributed by atoms with Gasteiger partial charge in [0.25, 0.3) is 0 Å². The van der Waals surface area contributed by atoms with Crippen molar-refractivity contribution in [2.75, 3.05) is 5.73 Å². The second-order valence-corrected chi connectivity index (χ2v) is 4.19. The van der Waals surface area contributed by atoms with E-state index in [2.05, 4.69) is 5.10 Å². The lowest BCUT2D eigenvalue weighted by Gasteiger charge is -2.10. The van der Waals surface area contributed by atoms with E-state index in [-0.39, 0.29) is 10.8 Å². The van der Waals surface area contributed by atoms with Gasteiger partial charge < -0.3 is 5.73 Å². The smallest absolute Gasteiger partial charge is 0.382 e. The van der Waals surface area contributed by atoms with Crippen LogP contribution >= 0.6 is 11.6 Å². The molecule has 3 nitrogen and oxygen atoms in total. The molecule has 0 saturated heterocycles. The van der Waals surface area contributed by atoms with E-state index in [0.29, 0.717) is 11.4 Å². The van der Waals surface area contributed by atoms with Crippen LogP contribution in [-0.2, 0) is 6.18 Å². The van der Waals surface area contributed by atoms with Gasteiger partial charge in [0.2, 0.25) is 0 Å². The molecule has 1 heterocycles. The average molecular weight is 276 g/mol. The first-order chi connectivity index (χ1) is 8.29. The van der Waals surface area contributed by atoms with E-state index >= 15 is 0 Å². The maximum atomic E-state index is 12.5. The van der Waals surface area contributed by atoms with Gasteiger partial charge in [-0.15, -0.1) is 0 Å². The summed E-state index contributed by atoms with van der Waals surface area (Å²) in [6.07, 6.45) is -4.42. The van der Waals surface area contributed by atoms with E-state index in [1.54, 1.807) is 13.0 Å². The van der Waals surface area contributed by atoms with Crippen molar-refractivity contribution in [2.45, 2.75) is 13.1 Å². The number of hydrogen-bond acceptors (Lipinski definition) is 2. The Hall–Kier alpha value is -1.69. The molecule has 2 rings (SSSR count). The Morgan fingerprint density at radius 2 is 1.94 bits per heavy atom. The van der Waals surface area contributed by atoms with Crippen molar-refractivity contribution in [3.05, 3.63) is 40.5 Å². The van der Waals surface area contributed by atoms with Crippen LogP contribution in [0.25, 0.3) is 5.69 Å². The molecule has 18 heavy (non-hydrogen) atoms. The summed E-state index contributed by atoms with van der Waals surface area (Å²) in [5.41, 5.74) is 5.76. The summed E-state index contributed by atoms with van der Waals surface area (Å²) < 4.78 is 38.9. The third-order valence-electron chi connectivity index (χ3n) is 2.41. The number of halogens is 4. The molecule has 0 spiro atoms. The summed E-state index contributed by atoms with van der Waals surface area (Å²) in [5, 5.41) is 3.93. The largest absolute Gasteiger partial charge is 0.416 e. The third kappa shape index (κ3) is 2.28. The highest BCUT2D eigenvalue weighted by Crippen LogP contribution is 2.33. The van der Waals surface area contributed by atoms with Gasteiger partial charge >= 0.3 is 6.18 Å². The van der Waals surface area contributed by atoms with Gasteiger partial charge in [-0.05, 0) is 25.1 Å². The molecule has 0 amide bonds. The third-order valence-corrected chi connectivity index (χ3v) is 2.71. The van der Waals surface area contributed by atoms with Gasteiger partial charge in [0, 0.05) is 11.8 Å². The molecule has 1 aromatic heterocycles. The number of hydrogen-bond donors (Lipinski definition) is 1. The molecule has 2 aromatic rings. The van der Waals surface area contributed by atoms with E-state index in [1.807, 2.05) is 0 Å². The summed E-state index contributed by atoms with van der Waals surface area (Å²) in [4.78, 5) is 0. The lowest BCUT2D eigenvalue weighted by molar-refractivity contribution is -0.137. The Kier molecular flexibility index (Phi) is 2.98. The second-order valence-electron chi connectivity index (χ2n) is 3.79. The lowest BCUT2D eigenvalue weighted by Crippen LogP contribution is -2.06. The van der Waals surface area contributed by atoms with Gasteiger partial charge in [0.15, 0.2) is 0 Å². The van der Waals surface area contributed by atoms with Crippen molar-refractivity contribution in [3.63, 3.8) is 0 Å². The van der Waals surface area contributed by atoms with Crippen molar-refractivity contribution in [1.82, 2.24) is 9.78 Å². The van der Waals surface area contributed by atoms with Crippen LogP contribution < -0.4 is 5.73 Å². The zero-order valence-corrected chi connectivity index (χ0v) is 10.0. The maximum Gasteiger partial charge on any atom is 0.416 e. The molecule has 0 saturated carbocycles. The number of nitrogens with zero attached hydrogens (tertiary/aromatic N) is 2. The average Bonchev–Trinajstić information content (AvgIpc) is 2.56. The highest BCUT2D eigenvalue weighted by atomic mass is 35.5. The number of aryl methyl sites for hydroxylation is 1. The SMILES string of the molecule is Cc1cc(N)nn1-c1ccc(C(F)(F)F)cc1Cl. The van der Waals surface area contributed by atoms with Crippen molar-refractivity contribution >= 4 is 17.4 Å². The molecule has 96 valence electrons. The predicted molar refractivity (Wildman–Crippen MR) is 62.7 cm³/mol. The Morgan fingerprint density at radius 1 is 1.28 bits per heavy atom. The highest BCUT2D eigenvalue weighted by Gasteiger charge is 2.31. The molecule has 0 fully saturated rings. The first-order valence-corrected chi connectivity index (χ1v) is 5.36. The minimum absolute atomic E-state index is 0.0315. The van der Waals surface area contributed by atoms with Gasteiger partial charge in [-0.2, -0.15) is 18.3 Å². The van der Waals surface area contributed by atoms with Gasteiger partial charge in [0.05, 0.1) is 16.3 Å². The van der Waals surface area contributed by atoms with Crippen molar-refractivity contribution < 1.29 is 13.2 Å². The van der Waals surface area contributed by atoms with Crippen LogP contribution in [0.4, 0.5) is 19.0 Å². The predicted octanol–water partition coefficient (Wildman–Crippen LogP) is 3.44. The van der Waals surface area contributed by atoms with Crippen molar-refractivity contribution in [2.24, 2.45) is 0 Å². The van der Waals surface area contributed by atoms with E-state index < -0.39 is 11.7 Å².